The Labute approximate surface area is 117 Å². The van der Waals surface area contributed by atoms with E-state index in [-0.39, 0.29) is 18.2 Å². The van der Waals surface area contributed by atoms with E-state index in [1.807, 2.05) is 0 Å². The fraction of sp³-hybridized carbons (Fsp3) is 0.333. The largest absolute Gasteiger partial charge is 0.355 e. The van der Waals surface area contributed by atoms with Crippen LogP contribution in [-0.4, -0.2) is 30.7 Å². The van der Waals surface area contributed by atoms with Crippen molar-refractivity contribution in [2.24, 2.45) is 0 Å². The Morgan fingerprint density at radius 3 is 2.67 bits per heavy atom. The Balaban J connectivity index is 2.31. The van der Waals surface area contributed by atoms with Crippen molar-refractivity contribution in [3.05, 3.63) is 34.9 Å². The molecule has 0 saturated heterocycles. The second-order valence-corrected chi connectivity index (χ2v) is 4.47. The highest BCUT2D eigenvalue weighted by molar-refractivity contribution is 7.80. The van der Waals surface area contributed by atoms with E-state index >= 15 is 0 Å². The summed E-state index contributed by atoms with van der Waals surface area (Å²) < 4.78 is 0. The topological polar surface area (TPSA) is 58.2 Å². The lowest BCUT2D eigenvalue weighted by Gasteiger charge is -2.06. The molecule has 0 atom stereocenters. The molecule has 1 aromatic carbocycles. The number of hydrogen-bond donors (Lipinski definition) is 3. The molecule has 0 aliphatic rings. The Bertz CT molecular complexity index is 426. The smallest absolute Gasteiger partial charge is 0.251 e. The molecule has 4 nitrogen and oxygen atoms in total. The van der Waals surface area contributed by atoms with E-state index in [2.05, 4.69) is 23.3 Å². The van der Waals surface area contributed by atoms with Gasteiger partial charge >= 0.3 is 0 Å². The summed E-state index contributed by atoms with van der Waals surface area (Å²) in [6.45, 7) is 0.827. The standard InChI is InChI=1S/C12H15ClN2O2S/c13-10-3-1-2-9(8-10)12(17)15-5-4-11(16)14-6-7-18/h1-3,8,18H,4-7H2,(H,14,16)(H,15,17). The van der Waals surface area contributed by atoms with Crippen LogP contribution in [0.4, 0.5) is 0 Å². The van der Waals surface area contributed by atoms with E-state index in [0.717, 1.165) is 0 Å². The molecular formula is C12H15ClN2O2S. The zero-order valence-electron chi connectivity index (χ0n) is 9.78. The van der Waals surface area contributed by atoms with Crippen LogP contribution in [-0.2, 0) is 4.79 Å². The van der Waals surface area contributed by atoms with Crippen molar-refractivity contribution in [2.45, 2.75) is 6.42 Å². The van der Waals surface area contributed by atoms with Crippen LogP contribution >= 0.6 is 24.2 Å². The number of thiol groups is 1. The van der Waals surface area contributed by atoms with Crippen LogP contribution in [0.1, 0.15) is 16.8 Å². The molecule has 0 heterocycles. The van der Waals surface area contributed by atoms with Gasteiger partial charge in [-0.25, -0.2) is 0 Å². The Morgan fingerprint density at radius 2 is 2.00 bits per heavy atom. The van der Waals surface area contributed by atoms with Gasteiger partial charge in [0.15, 0.2) is 0 Å². The monoisotopic (exact) mass is 286 g/mol. The Kier molecular flexibility index (Phi) is 6.60. The summed E-state index contributed by atoms with van der Waals surface area (Å²) in [6, 6.07) is 6.65. The zero-order chi connectivity index (χ0) is 13.4. The lowest BCUT2D eigenvalue weighted by Crippen LogP contribution is -2.31. The highest BCUT2D eigenvalue weighted by atomic mass is 35.5. The van der Waals surface area contributed by atoms with E-state index in [0.29, 0.717) is 29.4 Å². The van der Waals surface area contributed by atoms with Crippen molar-refractivity contribution in [3.8, 4) is 0 Å². The fourth-order valence-corrected chi connectivity index (χ4v) is 1.61. The first-order valence-corrected chi connectivity index (χ1v) is 6.56. The van der Waals surface area contributed by atoms with Crippen molar-refractivity contribution in [1.82, 2.24) is 10.6 Å². The van der Waals surface area contributed by atoms with Crippen LogP contribution in [0.25, 0.3) is 0 Å². The van der Waals surface area contributed by atoms with Crippen LogP contribution in [0, 0.1) is 0 Å². The summed E-state index contributed by atoms with van der Waals surface area (Å²) in [7, 11) is 0. The molecule has 0 aromatic heterocycles. The van der Waals surface area contributed by atoms with Crippen molar-refractivity contribution in [1.29, 1.82) is 0 Å². The number of halogens is 1. The van der Waals surface area contributed by atoms with Crippen LogP contribution in [0.15, 0.2) is 24.3 Å². The third-order valence-electron chi connectivity index (χ3n) is 2.16. The van der Waals surface area contributed by atoms with Gasteiger partial charge in [0.05, 0.1) is 0 Å². The summed E-state index contributed by atoms with van der Waals surface area (Å²) >= 11 is 9.76. The lowest BCUT2D eigenvalue weighted by molar-refractivity contribution is -0.120. The average Bonchev–Trinajstić information content (AvgIpc) is 2.36. The third-order valence-corrected chi connectivity index (χ3v) is 2.62. The van der Waals surface area contributed by atoms with Crippen LogP contribution < -0.4 is 10.6 Å². The Morgan fingerprint density at radius 1 is 1.22 bits per heavy atom. The number of hydrogen-bond acceptors (Lipinski definition) is 3. The maximum absolute atomic E-state index is 11.7. The molecule has 0 spiro atoms. The maximum atomic E-state index is 11.7. The van der Waals surface area contributed by atoms with Crippen molar-refractivity contribution < 1.29 is 9.59 Å². The second kappa shape index (κ2) is 8.00. The van der Waals surface area contributed by atoms with Gasteiger partial charge in [0.2, 0.25) is 5.91 Å². The molecule has 0 aliphatic heterocycles. The lowest BCUT2D eigenvalue weighted by atomic mass is 10.2. The summed E-state index contributed by atoms with van der Waals surface area (Å²) in [6.07, 6.45) is 0.250. The van der Waals surface area contributed by atoms with Crippen molar-refractivity contribution in [2.75, 3.05) is 18.8 Å². The van der Waals surface area contributed by atoms with Crippen LogP contribution in [0.3, 0.4) is 0 Å². The normalized spacial score (nSPS) is 9.89. The molecule has 0 radical (unpaired) electrons. The van der Waals surface area contributed by atoms with E-state index in [1.165, 1.54) is 0 Å². The summed E-state index contributed by atoms with van der Waals surface area (Å²) in [5.41, 5.74) is 0.485. The van der Waals surface area contributed by atoms with Gasteiger partial charge in [-0.1, -0.05) is 17.7 Å². The highest BCUT2D eigenvalue weighted by Gasteiger charge is 2.06. The summed E-state index contributed by atoms with van der Waals surface area (Å²) in [4.78, 5) is 22.9. The number of carbonyl (C=O) groups excluding carboxylic acids is 2. The van der Waals surface area contributed by atoms with Gasteiger partial charge < -0.3 is 10.6 Å². The molecule has 1 aromatic rings. The average molecular weight is 287 g/mol. The number of amides is 2. The Hall–Kier alpha value is -1.20. The van der Waals surface area contributed by atoms with Gasteiger partial charge in [-0.3, -0.25) is 9.59 Å². The van der Waals surface area contributed by atoms with E-state index in [1.54, 1.807) is 24.3 Å². The molecule has 0 bridgehead atoms. The minimum Gasteiger partial charge on any atom is -0.355 e. The number of nitrogens with one attached hydrogen (secondary N) is 2. The molecular weight excluding hydrogens is 272 g/mol. The molecule has 0 aliphatic carbocycles. The number of benzene rings is 1. The first-order chi connectivity index (χ1) is 8.63. The molecule has 2 amide bonds. The van der Waals surface area contributed by atoms with Crippen LogP contribution in [0.5, 0.6) is 0 Å². The summed E-state index contributed by atoms with van der Waals surface area (Å²) in [5, 5.41) is 5.83. The van der Waals surface area contributed by atoms with Crippen molar-refractivity contribution >= 4 is 36.0 Å². The third kappa shape index (κ3) is 5.42. The predicted octanol–water partition coefficient (Wildman–Crippen LogP) is 1.51. The first-order valence-electron chi connectivity index (χ1n) is 5.55. The predicted molar refractivity (Wildman–Crippen MR) is 75.3 cm³/mol. The minimum atomic E-state index is -0.237. The van der Waals surface area contributed by atoms with E-state index < -0.39 is 0 Å². The van der Waals surface area contributed by atoms with Crippen LogP contribution in [0.2, 0.25) is 5.02 Å². The maximum Gasteiger partial charge on any atom is 0.251 e. The van der Waals surface area contributed by atoms with Crippen molar-refractivity contribution in [3.63, 3.8) is 0 Å². The molecule has 0 unspecified atom stereocenters. The number of rotatable bonds is 6. The van der Waals surface area contributed by atoms with Gasteiger partial charge in [0, 0.05) is 35.8 Å². The molecule has 2 N–H and O–H groups in total. The fourth-order valence-electron chi connectivity index (χ4n) is 1.31. The SMILES string of the molecule is O=C(CCNC(=O)c1cccc(Cl)c1)NCCS. The van der Waals surface area contributed by atoms with E-state index in [9.17, 15) is 9.59 Å². The molecule has 1 rings (SSSR count). The first kappa shape index (κ1) is 14.9. The van der Waals surface area contributed by atoms with Gasteiger partial charge in [-0.2, -0.15) is 12.6 Å². The van der Waals surface area contributed by atoms with E-state index in [4.69, 9.17) is 11.6 Å². The van der Waals surface area contributed by atoms with Gasteiger partial charge in [0.25, 0.3) is 5.91 Å². The van der Waals surface area contributed by atoms with Gasteiger partial charge in [0.1, 0.15) is 0 Å². The number of carbonyl (C=O) groups is 2. The second-order valence-electron chi connectivity index (χ2n) is 3.59. The zero-order valence-corrected chi connectivity index (χ0v) is 11.4. The molecule has 18 heavy (non-hydrogen) atoms. The van der Waals surface area contributed by atoms with Gasteiger partial charge in [-0.15, -0.1) is 0 Å². The molecule has 98 valence electrons. The quantitative estimate of drug-likeness (QED) is 0.694. The minimum absolute atomic E-state index is 0.101. The molecule has 6 heteroatoms. The molecule has 0 saturated carbocycles. The summed E-state index contributed by atoms with van der Waals surface area (Å²) in [5.74, 6) is 0.260. The van der Waals surface area contributed by atoms with Gasteiger partial charge in [-0.05, 0) is 18.2 Å². The molecule has 0 fully saturated rings. The highest BCUT2D eigenvalue weighted by Crippen LogP contribution is 2.10.